The van der Waals surface area contributed by atoms with Crippen molar-refractivity contribution in [3.8, 4) is 0 Å². The molecule has 9 heteroatoms. The lowest BCUT2D eigenvalue weighted by Crippen LogP contribution is -2.32. The van der Waals surface area contributed by atoms with Gasteiger partial charge in [-0.25, -0.2) is 13.2 Å². The van der Waals surface area contributed by atoms with Crippen LogP contribution in [0.5, 0.6) is 0 Å². The molecule has 0 atom stereocenters. The minimum Gasteiger partial charge on any atom is -0.342 e. The van der Waals surface area contributed by atoms with Gasteiger partial charge < -0.3 is 10.6 Å². The zero-order chi connectivity index (χ0) is 17.9. The molecule has 0 aliphatic rings. The fourth-order valence-electron chi connectivity index (χ4n) is 1.71. The number of amides is 2. The van der Waals surface area contributed by atoms with Gasteiger partial charge in [-0.3, -0.25) is 14.4 Å². The van der Waals surface area contributed by atoms with Crippen molar-refractivity contribution < 1.29 is 27.6 Å². The number of benzene rings is 1. The van der Waals surface area contributed by atoms with E-state index in [0.717, 1.165) is 17.4 Å². The maximum Gasteiger partial charge on any atom is 0.261 e. The van der Waals surface area contributed by atoms with Gasteiger partial charge in [-0.1, -0.05) is 0 Å². The largest absolute Gasteiger partial charge is 0.342 e. The number of ketones is 1. The first kappa shape index (κ1) is 17.7. The number of Topliss-reactive ketones (excluding diaryl/α,β-unsaturated/α-hetero) is 1. The van der Waals surface area contributed by atoms with E-state index in [4.69, 9.17) is 0 Å². The van der Waals surface area contributed by atoms with Gasteiger partial charge in [0.1, 0.15) is 0 Å². The normalized spacial score (nSPS) is 10.3. The SMILES string of the molecule is CC(=O)c1ccc(C(=O)NCC(=O)Nc2ccc(F)c(F)c2F)s1. The monoisotopic (exact) mass is 356 g/mol. The van der Waals surface area contributed by atoms with Crippen LogP contribution in [-0.4, -0.2) is 24.1 Å². The fraction of sp³-hybridized carbons (Fsp3) is 0.133. The van der Waals surface area contributed by atoms with E-state index in [1.165, 1.54) is 19.1 Å². The number of thiophene rings is 1. The molecule has 1 aromatic carbocycles. The molecule has 0 unspecified atom stereocenters. The van der Waals surface area contributed by atoms with E-state index in [-0.39, 0.29) is 10.7 Å². The Bertz CT molecular complexity index is 820. The summed E-state index contributed by atoms with van der Waals surface area (Å²) in [7, 11) is 0. The Morgan fingerprint density at radius 1 is 1.00 bits per heavy atom. The summed E-state index contributed by atoms with van der Waals surface area (Å²) in [6.07, 6.45) is 0. The van der Waals surface area contributed by atoms with Crippen LogP contribution in [0.25, 0.3) is 0 Å². The highest BCUT2D eigenvalue weighted by Gasteiger charge is 2.16. The molecular weight excluding hydrogens is 345 g/mol. The van der Waals surface area contributed by atoms with Crippen molar-refractivity contribution in [3.05, 3.63) is 51.5 Å². The maximum absolute atomic E-state index is 13.4. The Labute approximate surface area is 138 Å². The molecule has 2 amide bonds. The Morgan fingerprint density at radius 2 is 1.67 bits per heavy atom. The smallest absolute Gasteiger partial charge is 0.261 e. The van der Waals surface area contributed by atoms with Crippen molar-refractivity contribution in [2.75, 3.05) is 11.9 Å². The van der Waals surface area contributed by atoms with Crippen molar-refractivity contribution in [1.29, 1.82) is 0 Å². The van der Waals surface area contributed by atoms with Crippen LogP contribution in [-0.2, 0) is 4.79 Å². The maximum atomic E-state index is 13.4. The summed E-state index contributed by atoms with van der Waals surface area (Å²) in [6.45, 7) is 0.849. The molecular formula is C15H11F3N2O3S. The first-order chi connectivity index (χ1) is 11.3. The molecule has 2 rings (SSSR count). The van der Waals surface area contributed by atoms with Gasteiger partial charge in [0.2, 0.25) is 5.91 Å². The summed E-state index contributed by atoms with van der Waals surface area (Å²) >= 11 is 0.966. The van der Waals surface area contributed by atoms with Crippen molar-refractivity contribution in [1.82, 2.24) is 5.32 Å². The molecule has 0 spiro atoms. The summed E-state index contributed by atoms with van der Waals surface area (Å²) in [6, 6.07) is 4.45. The van der Waals surface area contributed by atoms with Crippen LogP contribution in [0.2, 0.25) is 0 Å². The zero-order valence-corrected chi connectivity index (χ0v) is 13.1. The number of rotatable bonds is 5. The minimum atomic E-state index is -1.70. The molecule has 0 aliphatic heterocycles. The number of anilines is 1. The highest BCUT2D eigenvalue weighted by atomic mass is 32.1. The zero-order valence-electron chi connectivity index (χ0n) is 12.3. The van der Waals surface area contributed by atoms with Crippen molar-refractivity contribution >= 4 is 34.6 Å². The second kappa shape index (κ2) is 7.26. The summed E-state index contributed by atoms with van der Waals surface area (Å²) in [5.41, 5.74) is -0.539. The Morgan fingerprint density at radius 3 is 2.29 bits per heavy atom. The van der Waals surface area contributed by atoms with Crippen molar-refractivity contribution in [2.45, 2.75) is 6.92 Å². The summed E-state index contributed by atoms with van der Waals surface area (Å²) in [5, 5.41) is 4.30. The third kappa shape index (κ3) is 3.99. The first-order valence-corrected chi connectivity index (χ1v) is 7.43. The molecule has 24 heavy (non-hydrogen) atoms. The molecule has 0 saturated heterocycles. The number of hydrogen-bond donors (Lipinski definition) is 2. The quantitative estimate of drug-likeness (QED) is 0.639. The second-order valence-electron chi connectivity index (χ2n) is 4.67. The van der Waals surface area contributed by atoms with Crippen LogP contribution in [0.15, 0.2) is 24.3 Å². The second-order valence-corrected chi connectivity index (χ2v) is 5.76. The van der Waals surface area contributed by atoms with Crippen molar-refractivity contribution in [2.24, 2.45) is 0 Å². The van der Waals surface area contributed by atoms with E-state index in [9.17, 15) is 27.6 Å². The van der Waals surface area contributed by atoms with Crippen LogP contribution in [0.1, 0.15) is 26.3 Å². The molecule has 0 saturated carbocycles. The summed E-state index contributed by atoms with van der Waals surface area (Å²) in [5.74, 6) is -6.21. The van der Waals surface area contributed by atoms with Crippen LogP contribution < -0.4 is 10.6 Å². The van der Waals surface area contributed by atoms with E-state index in [1.807, 2.05) is 5.32 Å². The molecule has 1 heterocycles. The van der Waals surface area contributed by atoms with Gasteiger partial charge in [0.25, 0.3) is 5.91 Å². The lowest BCUT2D eigenvalue weighted by Gasteiger charge is -2.08. The van der Waals surface area contributed by atoms with Crippen LogP contribution in [0.3, 0.4) is 0 Å². The molecule has 0 bridgehead atoms. The van der Waals surface area contributed by atoms with E-state index in [0.29, 0.717) is 10.9 Å². The van der Waals surface area contributed by atoms with Crippen LogP contribution in [0, 0.1) is 17.5 Å². The molecule has 1 aromatic heterocycles. The third-order valence-electron chi connectivity index (χ3n) is 2.90. The lowest BCUT2D eigenvalue weighted by molar-refractivity contribution is -0.115. The fourth-order valence-corrected chi connectivity index (χ4v) is 2.53. The Kier molecular flexibility index (Phi) is 5.35. The van der Waals surface area contributed by atoms with Gasteiger partial charge in [-0.2, -0.15) is 0 Å². The van der Waals surface area contributed by atoms with Crippen LogP contribution in [0.4, 0.5) is 18.9 Å². The van der Waals surface area contributed by atoms with Crippen molar-refractivity contribution in [3.63, 3.8) is 0 Å². The average Bonchev–Trinajstić information content (AvgIpc) is 3.03. The van der Waals surface area contributed by atoms with E-state index in [2.05, 4.69) is 5.32 Å². The minimum absolute atomic E-state index is 0.189. The molecule has 126 valence electrons. The summed E-state index contributed by atoms with van der Waals surface area (Å²) in [4.78, 5) is 35.3. The Hall–Kier alpha value is -2.68. The van der Waals surface area contributed by atoms with Crippen LogP contribution >= 0.6 is 11.3 Å². The summed E-state index contributed by atoms with van der Waals surface area (Å²) < 4.78 is 39.3. The number of nitrogens with one attached hydrogen (secondary N) is 2. The molecule has 5 nitrogen and oxygen atoms in total. The van der Waals surface area contributed by atoms with Gasteiger partial charge in [0, 0.05) is 0 Å². The van der Waals surface area contributed by atoms with Gasteiger partial charge in [-0.05, 0) is 31.2 Å². The van der Waals surface area contributed by atoms with Gasteiger partial charge in [0.05, 0.1) is 22.0 Å². The van der Waals surface area contributed by atoms with E-state index in [1.54, 1.807) is 0 Å². The van der Waals surface area contributed by atoms with E-state index < -0.39 is 41.5 Å². The predicted octanol–water partition coefficient (Wildman–Crippen LogP) is 2.74. The molecule has 0 fully saturated rings. The lowest BCUT2D eigenvalue weighted by atomic mass is 10.2. The third-order valence-corrected chi connectivity index (χ3v) is 4.08. The number of carbonyl (C=O) groups is 3. The topological polar surface area (TPSA) is 75.3 Å². The van der Waals surface area contributed by atoms with E-state index >= 15 is 0 Å². The molecule has 0 aliphatic carbocycles. The average molecular weight is 356 g/mol. The molecule has 2 N–H and O–H groups in total. The number of halogens is 3. The standard InChI is InChI=1S/C15H11F3N2O3S/c1-7(21)10-4-5-11(24-10)15(23)19-6-12(22)20-9-3-2-8(16)13(17)14(9)18/h2-5H,6H2,1H3,(H,19,23)(H,20,22). The number of carbonyl (C=O) groups excluding carboxylic acids is 3. The first-order valence-electron chi connectivity index (χ1n) is 6.62. The number of hydrogen-bond acceptors (Lipinski definition) is 4. The molecule has 0 radical (unpaired) electrons. The molecule has 2 aromatic rings. The van der Waals surface area contributed by atoms with Gasteiger partial charge >= 0.3 is 0 Å². The predicted molar refractivity (Wildman–Crippen MR) is 81.6 cm³/mol. The van der Waals surface area contributed by atoms with Gasteiger partial charge in [0.15, 0.2) is 23.2 Å². The van der Waals surface area contributed by atoms with Gasteiger partial charge in [-0.15, -0.1) is 11.3 Å². The highest BCUT2D eigenvalue weighted by Crippen LogP contribution is 2.19. The highest BCUT2D eigenvalue weighted by molar-refractivity contribution is 7.15. The Balaban J connectivity index is 1.94.